The lowest BCUT2D eigenvalue weighted by Crippen LogP contribution is -2.40. The number of carbonyl (C=O) groups is 1. The second kappa shape index (κ2) is 11.1. The Balaban J connectivity index is 1.48. The van der Waals surface area contributed by atoms with Crippen LogP contribution in [0.5, 0.6) is 5.75 Å². The van der Waals surface area contributed by atoms with Crippen LogP contribution >= 0.6 is 0 Å². The second-order valence-electron chi connectivity index (χ2n) is 9.79. The van der Waals surface area contributed by atoms with Crippen LogP contribution in [0.25, 0.3) is 0 Å². The van der Waals surface area contributed by atoms with Crippen LogP contribution in [0, 0.1) is 0 Å². The van der Waals surface area contributed by atoms with Crippen LogP contribution in [0.2, 0.25) is 0 Å². The number of nitrogens with two attached hydrogens (primary N) is 1. The molecule has 0 unspecified atom stereocenters. The highest BCUT2D eigenvalue weighted by molar-refractivity contribution is 7.89. The normalized spacial score (nSPS) is 21.8. The van der Waals surface area contributed by atoms with E-state index in [1.807, 2.05) is 72.5 Å². The minimum atomic E-state index is -3.90. The highest BCUT2D eigenvalue weighted by Gasteiger charge is 2.39. The summed E-state index contributed by atoms with van der Waals surface area (Å²) >= 11 is 0. The van der Waals surface area contributed by atoms with Gasteiger partial charge in [-0.1, -0.05) is 60.7 Å². The highest BCUT2D eigenvalue weighted by atomic mass is 32.2. The fourth-order valence-electron chi connectivity index (χ4n) is 5.23. The highest BCUT2D eigenvalue weighted by Crippen LogP contribution is 2.39. The van der Waals surface area contributed by atoms with Gasteiger partial charge in [-0.15, -0.1) is 0 Å². The van der Waals surface area contributed by atoms with E-state index >= 15 is 0 Å². The SMILES string of the molecule is C[C@@H](c1ccccc1)N1C[C@H](COCc2ccccc2)Oc2cc(N3CCC[C@H]3C(N)=O)ccc2S1(=O)=O. The average molecular weight is 536 g/mol. The summed E-state index contributed by atoms with van der Waals surface area (Å²) in [7, 11) is -3.90. The van der Waals surface area contributed by atoms with Crippen molar-refractivity contribution in [2.45, 2.75) is 49.5 Å². The number of hydrogen-bond acceptors (Lipinski definition) is 6. The van der Waals surface area contributed by atoms with Crippen molar-refractivity contribution in [2.75, 3.05) is 24.6 Å². The molecule has 3 aromatic carbocycles. The van der Waals surface area contributed by atoms with E-state index in [2.05, 4.69) is 0 Å². The molecule has 1 amide bonds. The molecule has 8 nitrogen and oxygen atoms in total. The van der Waals surface area contributed by atoms with Gasteiger partial charge >= 0.3 is 0 Å². The topological polar surface area (TPSA) is 102 Å². The Morgan fingerprint density at radius 1 is 1.08 bits per heavy atom. The lowest BCUT2D eigenvalue weighted by atomic mass is 10.1. The minimum Gasteiger partial charge on any atom is -0.485 e. The summed E-state index contributed by atoms with van der Waals surface area (Å²) in [4.78, 5) is 14.0. The molecule has 5 rings (SSSR count). The molecule has 0 spiro atoms. The molecule has 3 aromatic rings. The van der Waals surface area contributed by atoms with E-state index in [4.69, 9.17) is 15.2 Å². The number of anilines is 1. The number of fused-ring (bicyclic) bond motifs is 1. The molecule has 2 heterocycles. The third kappa shape index (κ3) is 5.41. The largest absolute Gasteiger partial charge is 0.485 e. The third-order valence-corrected chi connectivity index (χ3v) is 9.21. The maximum atomic E-state index is 14.0. The van der Waals surface area contributed by atoms with Crippen LogP contribution in [-0.2, 0) is 26.2 Å². The fraction of sp³-hybridized carbons (Fsp3) is 0.345. The van der Waals surface area contributed by atoms with Crippen molar-refractivity contribution in [3.05, 3.63) is 90.0 Å². The molecule has 0 aliphatic carbocycles. The smallest absolute Gasteiger partial charge is 0.247 e. The van der Waals surface area contributed by atoms with Crippen LogP contribution in [0.4, 0.5) is 5.69 Å². The van der Waals surface area contributed by atoms with Crippen LogP contribution in [-0.4, -0.2) is 50.5 Å². The van der Waals surface area contributed by atoms with Gasteiger partial charge in [-0.3, -0.25) is 4.79 Å². The van der Waals surface area contributed by atoms with Crippen molar-refractivity contribution < 1.29 is 22.7 Å². The molecule has 0 bridgehead atoms. The number of sulfonamides is 1. The third-order valence-electron chi connectivity index (χ3n) is 7.23. The summed E-state index contributed by atoms with van der Waals surface area (Å²) in [6.45, 7) is 3.28. The van der Waals surface area contributed by atoms with Crippen LogP contribution in [0.15, 0.2) is 83.8 Å². The number of ether oxygens (including phenoxy) is 2. The van der Waals surface area contributed by atoms with Gasteiger partial charge in [0.05, 0.1) is 19.8 Å². The monoisotopic (exact) mass is 535 g/mol. The Kier molecular flexibility index (Phi) is 7.69. The van der Waals surface area contributed by atoms with E-state index in [1.165, 1.54) is 4.31 Å². The van der Waals surface area contributed by atoms with Crippen molar-refractivity contribution in [1.29, 1.82) is 0 Å². The van der Waals surface area contributed by atoms with E-state index in [0.717, 1.165) is 17.5 Å². The van der Waals surface area contributed by atoms with Crippen LogP contribution in [0.3, 0.4) is 0 Å². The molecule has 2 aliphatic rings. The number of benzene rings is 3. The first-order valence-corrected chi connectivity index (χ1v) is 14.3. The molecule has 9 heteroatoms. The molecule has 0 radical (unpaired) electrons. The van der Waals surface area contributed by atoms with Gasteiger partial charge in [-0.05, 0) is 43.0 Å². The molecule has 200 valence electrons. The van der Waals surface area contributed by atoms with Gasteiger partial charge in [-0.2, -0.15) is 4.31 Å². The summed E-state index contributed by atoms with van der Waals surface area (Å²) in [6, 6.07) is 23.6. The number of nitrogens with zero attached hydrogens (tertiary/aromatic N) is 2. The van der Waals surface area contributed by atoms with E-state index in [0.29, 0.717) is 25.3 Å². The van der Waals surface area contributed by atoms with E-state index in [1.54, 1.807) is 18.2 Å². The van der Waals surface area contributed by atoms with Crippen LogP contribution < -0.4 is 15.4 Å². The molecule has 3 atom stereocenters. The molecular weight excluding hydrogens is 502 g/mol. The molecule has 1 fully saturated rings. The van der Waals surface area contributed by atoms with E-state index in [9.17, 15) is 13.2 Å². The van der Waals surface area contributed by atoms with Crippen molar-refractivity contribution in [3.63, 3.8) is 0 Å². The Bertz CT molecular complexity index is 1370. The Morgan fingerprint density at radius 3 is 2.50 bits per heavy atom. The first kappa shape index (κ1) is 26.2. The average Bonchev–Trinajstić information content (AvgIpc) is 3.39. The Morgan fingerprint density at radius 2 is 1.79 bits per heavy atom. The first-order valence-electron chi connectivity index (χ1n) is 12.9. The lowest BCUT2D eigenvalue weighted by Gasteiger charge is -2.29. The number of primary amides is 1. The molecular formula is C29H33N3O5S. The molecule has 38 heavy (non-hydrogen) atoms. The van der Waals surface area contributed by atoms with Gasteiger partial charge in [-0.25, -0.2) is 8.42 Å². The summed E-state index contributed by atoms with van der Waals surface area (Å²) in [6.07, 6.45) is 0.966. The van der Waals surface area contributed by atoms with Crippen molar-refractivity contribution in [3.8, 4) is 5.75 Å². The number of rotatable bonds is 8. The number of carbonyl (C=O) groups excluding carboxylic acids is 1. The predicted molar refractivity (Wildman–Crippen MR) is 145 cm³/mol. The minimum absolute atomic E-state index is 0.101. The van der Waals surface area contributed by atoms with Gasteiger partial charge in [0.15, 0.2) is 0 Å². The summed E-state index contributed by atoms with van der Waals surface area (Å²) in [5.41, 5.74) is 8.26. The molecule has 2 N–H and O–H groups in total. The maximum Gasteiger partial charge on any atom is 0.247 e. The second-order valence-corrected chi connectivity index (χ2v) is 11.6. The van der Waals surface area contributed by atoms with Gasteiger partial charge in [0.25, 0.3) is 0 Å². The quantitative estimate of drug-likeness (QED) is 0.470. The zero-order valence-corrected chi connectivity index (χ0v) is 22.2. The van der Waals surface area contributed by atoms with Gasteiger partial charge in [0.1, 0.15) is 22.8 Å². The molecule has 0 saturated carbocycles. The van der Waals surface area contributed by atoms with E-state index in [-0.39, 0.29) is 29.7 Å². The van der Waals surface area contributed by atoms with Crippen molar-refractivity contribution in [2.24, 2.45) is 5.73 Å². The van der Waals surface area contributed by atoms with Crippen molar-refractivity contribution in [1.82, 2.24) is 4.31 Å². The Labute approximate surface area is 224 Å². The summed E-state index contributed by atoms with van der Waals surface area (Å²) in [5, 5.41) is 0. The lowest BCUT2D eigenvalue weighted by molar-refractivity contribution is -0.119. The molecule has 0 aromatic heterocycles. The van der Waals surface area contributed by atoms with Crippen LogP contribution in [0.1, 0.15) is 36.9 Å². The zero-order valence-electron chi connectivity index (χ0n) is 21.4. The zero-order chi connectivity index (χ0) is 26.7. The molecule has 1 saturated heterocycles. The van der Waals surface area contributed by atoms with Gasteiger partial charge in [0, 0.05) is 24.3 Å². The van der Waals surface area contributed by atoms with Crippen molar-refractivity contribution >= 4 is 21.6 Å². The maximum absolute atomic E-state index is 14.0. The van der Waals surface area contributed by atoms with E-state index < -0.39 is 28.2 Å². The fourth-order valence-corrected chi connectivity index (χ4v) is 6.98. The number of hydrogen-bond donors (Lipinski definition) is 1. The van der Waals surface area contributed by atoms with Gasteiger partial charge < -0.3 is 20.1 Å². The first-order chi connectivity index (χ1) is 18.3. The summed E-state index contributed by atoms with van der Waals surface area (Å²) < 4.78 is 41.8. The predicted octanol–water partition coefficient (Wildman–Crippen LogP) is 3.87. The standard InChI is InChI=1S/C29H33N3O5S/c1-21(23-11-6-3-7-12-23)32-18-25(20-36-19-22-9-4-2-5-10-22)37-27-17-24(14-15-28(27)38(32,34)35)31-16-8-13-26(31)29(30)33/h2-7,9-12,14-15,17,21,25-26H,8,13,16,18-20H2,1H3,(H2,30,33)/t21-,25+,26-/m0/s1. The summed E-state index contributed by atoms with van der Waals surface area (Å²) in [5.74, 6) is -0.130. The Hall–Kier alpha value is -3.40. The van der Waals surface area contributed by atoms with Gasteiger partial charge in [0.2, 0.25) is 15.9 Å². The number of amides is 1. The molecule has 2 aliphatic heterocycles.